The zero-order valence-electron chi connectivity index (χ0n) is 13.8. The Hall–Kier alpha value is -2.66. The van der Waals surface area contributed by atoms with Gasteiger partial charge in [-0.25, -0.2) is 4.98 Å². The Morgan fingerprint density at radius 2 is 2.00 bits per heavy atom. The van der Waals surface area contributed by atoms with E-state index in [0.717, 1.165) is 16.9 Å². The maximum Gasteiger partial charge on any atom is 0.261 e. The maximum absolute atomic E-state index is 12.4. The number of hydrogen-bond acceptors (Lipinski definition) is 4. The Morgan fingerprint density at radius 3 is 2.83 bits per heavy atom. The number of aliphatic hydroxyl groups excluding tert-OH is 1. The van der Waals surface area contributed by atoms with E-state index in [9.17, 15) is 9.90 Å². The number of aromatic nitrogens is 2. The molecule has 0 saturated carbocycles. The van der Waals surface area contributed by atoms with Crippen LogP contribution < -0.4 is 10.3 Å². The van der Waals surface area contributed by atoms with Crippen LogP contribution >= 0.6 is 0 Å². The minimum Gasteiger partial charge on any atom is -0.491 e. The molecule has 0 saturated heterocycles. The molecule has 3 aromatic rings. The van der Waals surface area contributed by atoms with Crippen molar-refractivity contribution in [2.24, 2.45) is 0 Å². The van der Waals surface area contributed by atoms with Gasteiger partial charge in [-0.15, -0.1) is 0 Å². The summed E-state index contributed by atoms with van der Waals surface area (Å²) < 4.78 is 7.11. The molecule has 0 aliphatic carbocycles. The Labute approximate surface area is 140 Å². The smallest absolute Gasteiger partial charge is 0.261 e. The van der Waals surface area contributed by atoms with E-state index < -0.39 is 6.10 Å². The van der Waals surface area contributed by atoms with Crippen molar-refractivity contribution in [2.75, 3.05) is 6.61 Å². The SMILES string of the molecule is Cc1ccc(C)c(OC[C@@H](O)Cn2cnc3ccccc3c2=O)c1. The highest BCUT2D eigenvalue weighted by Crippen LogP contribution is 2.19. The van der Waals surface area contributed by atoms with Gasteiger partial charge in [-0.05, 0) is 43.2 Å². The summed E-state index contributed by atoms with van der Waals surface area (Å²) >= 11 is 0. The van der Waals surface area contributed by atoms with Crippen molar-refractivity contribution in [3.05, 3.63) is 70.3 Å². The van der Waals surface area contributed by atoms with Gasteiger partial charge in [0.25, 0.3) is 5.56 Å². The largest absolute Gasteiger partial charge is 0.491 e. The highest BCUT2D eigenvalue weighted by molar-refractivity contribution is 5.76. The molecule has 0 spiro atoms. The molecule has 1 N–H and O–H groups in total. The van der Waals surface area contributed by atoms with Gasteiger partial charge in [0.15, 0.2) is 0 Å². The van der Waals surface area contributed by atoms with Crippen molar-refractivity contribution in [1.29, 1.82) is 0 Å². The number of nitrogens with zero attached hydrogens (tertiary/aromatic N) is 2. The Kier molecular flexibility index (Phi) is 4.62. The first kappa shape index (κ1) is 16.2. The van der Waals surface area contributed by atoms with E-state index in [0.29, 0.717) is 10.9 Å². The van der Waals surface area contributed by atoms with Crippen LogP contribution in [-0.2, 0) is 6.54 Å². The van der Waals surface area contributed by atoms with Gasteiger partial charge in [0.1, 0.15) is 18.5 Å². The average molecular weight is 324 g/mol. The highest BCUT2D eigenvalue weighted by atomic mass is 16.5. The molecule has 0 aliphatic rings. The summed E-state index contributed by atoms with van der Waals surface area (Å²) in [6.45, 7) is 4.20. The van der Waals surface area contributed by atoms with Crippen molar-refractivity contribution in [2.45, 2.75) is 26.5 Å². The molecule has 124 valence electrons. The van der Waals surface area contributed by atoms with Gasteiger partial charge >= 0.3 is 0 Å². The zero-order chi connectivity index (χ0) is 17.1. The summed E-state index contributed by atoms with van der Waals surface area (Å²) in [7, 11) is 0. The van der Waals surface area contributed by atoms with Crippen molar-refractivity contribution >= 4 is 10.9 Å². The van der Waals surface area contributed by atoms with E-state index in [1.54, 1.807) is 18.2 Å². The topological polar surface area (TPSA) is 64.3 Å². The standard InChI is InChI=1S/C19H20N2O3/c1-13-7-8-14(2)18(9-13)24-11-15(22)10-21-12-20-17-6-4-3-5-16(17)19(21)23/h3-9,12,15,22H,10-11H2,1-2H3/t15-/m0/s1. The summed E-state index contributed by atoms with van der Waals surface area (Å²) in [5.74, 6) is 0.748. The molecule has 0 fully saturated rings. The van der Waals surface area contributed by atoms with E-state index in [4.69, 9.17) is 4.74 Å². The van der Waals surface area contributed by atoms with Gasteiger partial charge < -0.3 is 9.84 Å². The minimum absolute atomic E-state index is 0.115. The maximum atomic E-state index is 12.4. The third-order valence-electron chi connectivity index (χ3n) is 3.91. The number of rotatable bonds is 5. The summed E-state index contributed by atoms with van der Waals surface area (Å²) in [5.41, 5.74) is 2.60. The number of benzene rings is 2. The molecule has 5 heteroatoms. The number of fused-ring (bicyclic) bond motifs is 1. The summed E-state index contributed by atoms with van der Waals surface area (Å²) in [6.07, 6.45) is 0.664. The third-order valence-corrected chi connectivity index (χ3v) is 3.91. The second-order valence-electron chi connectivity index (χ2n) is 5.95. The van der Waals surface area contributed by atoms with Gasteiger partial charge in [-0.1, -0.05) is 24.3 Å². The third kappa shape index (κ3) is 3.46. The predicted octanol–water partition coefficient (Wildman–Crippen LogP) is 2.45. The Morgan fingerprint density at radius 1 is 1.21 bits per heavy atom. The molecule has 24 heavy (non-hydrogen) atoms. The van der Waals surface area contributed by atoms with Crippen LogP contribution in [0.4, 0.5) is 0 Å². The van der Waals surface area contributed by atoms with Crippen LogP contribution in [-0.4, -0.2) is 27.4 Å². The zero-order valence-corrected chi connectivity index (χ0v) is 13.8. The molecule has 0 radical (unpaired) electrons. The molecule has 3 rings (SSSR count). The van der Waals surface area contributed by atoms with E-state index in [2.05, 4.69) is 4.98 Å². The monoisotopic (exact) mass is 324 g/mol. The number of aryl methyl sites for hydroxylation is 2. The fourth-order valence-electron chi connectivity index (χ4n) is 2.56. The highest BCUT2D eigenvalue weighted by Gasteiger charge is 2.11. The van der Waals surface area contributed by atoms with Crippen LogP contribution in [0.1, 0.15) is 11.1 Å². The van der Waals surface area contributed by atoms with Crippen molar-refractivity contribution in [1.82, 2.24) is 9.55 Å². The fourth-order valence-corrected chi connectivity index (χ4v) is 2.56. The normalized spacial score (nSPS) is 12.3. The van der Waals surface area contributed by atoms with Gasteiger partial charge in [0.2, 0.25) is 0 Å². The lowest BCUT2D eigenvalue weighted by molar-refractivity contribution is 0.0911. The van der Waals surface area contributed by atoms with Crippen LogP contribution in [0.3, 0.4) is 0 Å². The lowest BCUT2D eigenvalue weighted by Gasteiger charge is -2.15. The van der Waals surface area contributed by atoms with Gasteiger partial charge in [0.05, 0.1) is 23.8 Å². The van der Waals surface area contributed by atoms with E-state index in [-0.39, 0.29) is 18.7 Å². The van der Waals surface area contributed by atoms with Crippen molar-refractivity contribution in [3.8, 4) is 5.75 Å². The first-order chi connectivity index (χ1) is 11.5. The molecular weight excluding hydrogens is 304 g/mol. The molecule has 1 atom stereocenters. The molecule has 0 amide bonds. The predicted molar refractivity (Wildman–Crippen MR) is 93.4 cm³/mol. The Balaban J connectivity index is 1.71. The van der Waals surface area contributed by atoms with Crippen LogP contribution in [0.5, 0.6) is 5.75 Å². The quantitative estimate of drug-likeness (QED) is 0.783. The van der Waals surface area contributed by atoms with Crippen LogP contribution in [0.25, 0.3) is 10.9 Å². The van der Waals surface area contributed by atoms with Gasteiger partial charge in [0, 0.05) is 0 Å². The van der Waals surface area contributed by atoms with E-state index >= 15 is 0 Å². The van der Waals surface area contributed by atoms with Gasteiger partial charge in [-0.2, -0.15) is 0 Å². The van der Waals surface area contributed by atoms with E-state index in [1.165, 1.54) is 10.9 Å². The van der Waals surface area contributed by atoms with E-state index in [1.807, 2.05) is 38.1 Å². The molecule has 5 nitrogen and oxygen atoms in total. The molecule has 0 bridgehead atoms. The van der Waals surface area contributed by atoms with Gasteiger partial charge in [-0.3, -0.25) is 9.36 Å². The van der Waals surface area contributed by atoms with Crippen LogP contribution in [0.15, 0.2) is 53.6 Å². The average Bonchev–Trinajstić information content (AvgIpc) is 2.58. The molecular formula is C19H20N2O3. The second kappa shape index (κ2) is 6.84. The lowest BCUT2D eigenvalue weighted by Crippen LogP contribution is -2.30. The fraction of sp³-hybridized carbons (Fsp3) is 0.263. The number of ether oxygens (including phenoxy) is 1. The lowest BCUT2D eigenvalue weighted by atomic mass is 10.1. The number of aliphatic hydroxyl groups is 1. The molecule has 1 aromatic heterocycles. The van der Waals surface area contributed by atoms with Crippen molar-refractivity contribution < 1.29 is 9.84 Å². The summed E-state index contributed by atoms with van der Waals surface area (Å²) in [6, 6.07) is 13.1. The van der Waals surface area contributed by atoms with Crippen LogP contribution in [0, 0.1) is 13.8 Å². The number of para-hydroxylation sites is 1. The summed E-state index contributed by atoms with van der Waals surface area (Å²) in [4.78, 5) is 16.7. The molecule has 2 aromatic carbocycles. The molecule has 0 aliphatic heterocycles. The van der Waals surface area contributed by atoms with Crippen LogP contribution in [0.2, 0.25) is 0 Å². The minimum atomic E-state index is -0.800. The Bertz CT molecular complexity index is 918. The first-order valence-corrected chi connectivity index (χ1v) is 7.87. The second-order valence-corrected chi connectivity index (χ2v) is 5.95. The van der Waals surface area contributed by atoms with Crippen molar-refractivity contribution in [3.63, 3.8) is 0 Å². The first-order valence-electron chi connectivity index (χ1n) is 7.87. The molecule has 0 unspecified atom stereocenters. The summed E-state index contributed by atoms with van der Waals surface area (Å²) in [5, 5.41) is 10.8. The number of hydrogen-bond donors (Lipinski definition) is 1. The molecule has 1 heterocycles.